The van der Waals surface area contributed by atoms with Gasteiger partial charge in [0.1, 0.15) is 0 Å². The van der Waals surface area contributed by atoms with E-state index < -0.39 is 11.5 Å². The molecular weight excluding hydrogens is 211 g/mol. The number of hydrogen-bond donors (Lipinski definition) is 3. The molecule has 0 aliphatic carbocycles. The number of ether oxygens (including phenoxy) is 1. The monoisotopic (exact) mass is 220 g/mol. The SMILES string of the molecule is CC(O)OC(N)=S.NC([O-])=S.[Na+]. The molecule has 0 amide bonds. The van der Waals surface area contributed by atoms with E-state index in [0.29, 0.717) is 0 Å². The molecule has 0 bridgehead atoms. The molecule has 0 aliphatic rings. The predicted octanol–water partition coefficient (Wildman–Crippen LogP) is -4.82. The molecule has 5 N–H and O–H groups in total. The summed E-state index contributed by atoms with van der Waals surface area (Å²) in [6.07, 6.45) is -0.891. The largest absolute Gasteiger partial charge is 1.00 e. The smallest absolute Gasteiger partial charge is 0.852 e. The summed E-state index contributed by atoms with van der Waals surface area (Å²) in [5.74, 6) is 0. The summed E-state index contributed by atoms with van der Waals surface area (Å²) in [4.78, 5) is 0. The molecule has 0 rings (SSSR count). The number of thiocarbonyl (C=S) groups is 2. The van der Waals surface area contributed by atoms with E-state index in [1.165, 1.54) is 6.92 Å². The third kappa shape index (κ3) is 47.9. The Kier molecular flexibility index (Phi) is 17.2. The van der Waals surface area contributed by atoms with Gasteiger partial charge in [-0.25, -0.2) is 0 Å². The summed E-state index contributed by atoms with van der Waals surface area (Å²) in [5.41, 5.74) is 9.13. The molecule has 0 aromatic rings. The van der Waals surface area contributed by atoms with Crippen LogP contribution < -0.4 is 46.1 Å². The Morgan fingerprint density at radius 1 is 1.50 bits per heavy atom. The first-order valence-corrected chi connectivity index (χ1v) is 3.28. The van der Waals surface area contributed by atoms with Gasteiger partial charge in [-0.2, -0.15) is 0 Å². The van der Waals surface area contributed by atoms with Gasteiger partial charge in [-0.1, -0.05) is 12.2 Å². The first-order chi connectivity index (χ1) is 4.86. The second-order valence-corrected chi connectivity index (χ2v) is 2.16. The number of nitrogens with two attached hydrogens (primary N) is 2. The molecule has 0 radical (unpaired) electrons. The second kappa shape index (κ2) is 11.3. The Balaban J connectivity index is -0.000000142. The average Bonchev–Trinajstić information content (AvgIpc) is 1.56. The molecule has 5 nitrogen and oxygen atoms in total. The van der Waals surface area contributed by atoms with Crippen LogP contribution in [0.15, 0.2) is 0 Å². The van der Waals surface area contributed by atoms with Gasteiger partial charge in [0.05, 0.1) is 0 Å². The van der Waals surface area contributed by atoms with E-state index in [-0.39, 0.29) is 34.7 Å². The fourth-order valence-electron chi connectivity index (χ4n) is 0.168. The number of aliphatic hydroxyl groups is 1. The maximum absolute atomic E-state index is 9.04. The van der Waals surface area contributed by atoms with Crippen LogP contribution in [-0.4, -0.2) is 21.7 Å². The summed E-state index contributed by atoms with van der Waals surface area (Å²) in [6, 6.07) is 0. The van der Waals surface area contributed by atoms with E-state index in [4.69, 9.17) is 15.9 Å². The van der Waals surface area contributed by atoms with Crippen molar-refractivity contribution in [3.63, 3.8) is 0 Å². The molecule has 12 heavy (non-hydrogen) atoms. The molecule has 0 aromatic carbocycles. The van der Waals surface area contributed by atoms with Crippen molar-refractivity contribution in [1.82, 2.24) is 0 Å². The Bertz CT molecular complexity index is 140. The molecule has 0 spiro atoms. The minimum absolute atomic E-state index is 0. The molecule has 66 valence electrons. The summed E-state index contributed by atoms with van der Waals surface area (Å²) in [7, 11) is 0. The Morgan fingerprint density at radius 2 is 1.75 bits per heavy atom. The summed E-state index contributed by atoms with van der Waals surface area (Å²) >= 11 is 8.03. The van der Waals surface area contributed by atoms with Crippen LogP contribution in [0.5, 0.6) is 0 Å². The number of hydrogen-bond acceptors (Lipinski definition) is 5. The maximum Gasteiger partial charge on any atom is 1.00 e. The maximum atomic E-state index is 9.04. The topological polar surface area (TPSA) is 105 Å². The Morgan fingerprint density at radius 3 is 1.75 bits per heavy atom. The fourth-order valence-corrected chi connectivity index (χ4v) is 0.307. The van der Waals surface area contributed by atoms with Crippen LogP contribution in [0.25, 0.3) is 0 Å². The zero-order valence-electron chi connectivity index (χ0n) is 6.81. The van der Waals surface area contributed by atoms with E-state index in [0.717, 1.165) is 0 Å². The summed E-state index contributed by atoms with van der Waals surface area (Å²) in [5, 5.41) is 16.5. The van der Waals surface area contributed by atoms with Crippen LogP contribution in [0.1, 0.15) is 6.92 Å². The van der Waals surface area contributed by atoms with Crippen LogP contribution >= 0.6 is 24.4 Å². The van der Waals surface area contributed by atoms with Crippen LogP contribution in [-0.2, 0) is 4.74 Å². The van der Waals surface area contributed by atoms with Gasteiger partial charge >= 0.3 is 29.6 Å². The molecule has 0 saturated carbocycles. The number of rotatable bonds is 1. The minimum atomic E-state index is -0.891. The van der Waals surface area contributed by atoms with Crippen LogP contribution in [0.3, 0.4) is 0 Å². The average molecular weight is 220 g/mol. The van der Waals surface area contributed by atoms with E-state index in [9.17, 15) is 0 Å². The van der Waals surface area contributed by atoms with Gasteiger partial charge in [-0.15, -0.1) is 0 Å². The third-order valence-corrected chi connectivity index (χ3v) is 0.383. The van der Waals surface area contributed by atoms with Gasteiger partial charge in [0, 0.05) is 5.17 Å². The standard InChI is InChI=1S/C3H7NO2S.CH3NOS.Na/c1-2(5)6-3(4)7;2-1(3)4;/h2,5H,1H3,(H2,4,7);(H3,2,3,4);/q;;+1/p-1. The van der Waals surface area contributed by atoms with E-state index in [1.54, 1.807) is 0 Å². The van der Waals surface area contributed by atoms with E-state index >= 15 is 0 Å². The predicted molar refractivity (Wildman–Crippen MR) is 46.3 cm³/mol. The van der Waals surface area contributed by atoms with Crippen molar-refractivity contribution in [3.8, 4) is 0 Å². The molecule has 0 fully saturated rings. The van der Waals surface area contributed by atoms with Gasteiger partial charge in [0.2, 0.25) is 0 Å². The van der Waals surface area contributed by atoms with Gasteiger partial charge in [-0.05, 0) is 19.1 Å². The third-order valence-electron chi connectivity index (χ3n) is 0.287. The molecule has 1 atom stereocenters. The molecule has 0 aliphatic heterocycles. The molecule has 8 heteroatoms. The molecule has 0 aromatic heterocycles. The minimum Gasteiger partial charge on any atom is -0.852 e. The zero-order valence-corrected chi connectivity index (χ0v) is 10.4. The van der Waals surface area contributed by atoms with Crippen molar-refractivity contribution in [3.05, 3.63) is 0 Å². The molecular formula is C4H9N2NaO3S2. The van der Waals surface area contributed by atoms with Crippen molar-refractivity contribution in [1.29, 1.82) is 0 Å². The molecule has 0 saturated heterocycles. The quantitative estimate of drug-likeness (QED) is 0.231. The summed E-state index contributed by atoms with van der Waals surface area (Å²) < 4.78 is 4.31. The van der Waals surface area contributed by atoms with Gasteiger partial charge in [0.25, 0.3) is 5.17 Å². The van der Waals surface area contributed by atoms with Crippen LogP contribution in [0.2, 0.25) is 0 Å². The Labute approximate surface area is 103 Å². The molecule has 1 unspecified atom stereocenters. The number of aliphatic hydroxyl groups excluding tert-OH is 1. The van der Waals surface area contributed by atoms with Crippen LogP contribution in [0.4, 0.5) is 0 Å². The van der Waals surface area contributed by atoms with Crippen molar-refractivity contribution < 1.29 is 44.5 Å². The van der Waals surface area contributed by atoms with Crippen molar-refractivity contribution in [2.75, 3.05) is 0 Å². The fraction of sp³-hybridized carbons (Fsp3) is 0.500. The van der Waals surface area contributed by atoms with E-state index in [2.05, 4.69) is 34.9 Å². The van der Waals surface area contributed by atoms with Crippen molar-refractivity contribution in [2.24, 2.45) is 11.5 Å². The van der Waals surface area contributed by atoms with Crippen molar-refractivity contribution in [2.45, 2.75) is 13.2 Å². The van der Waals surface area contributed by atoms with Gasteiger partial charge in [0.15, 0.2) is 6.29 Å². The second-order valence-electron chi connectivity index (χ2n) is 1.36. The van der Waals surface area contributed by atoms with Crippen LogP contribution in [0, 0.1) is 0 Å². The Hall–Kier alpha value is 0.340. The molecule has 0 heterocycles. The van der Waals surface area contributed by atoms with Crippen molar-refractivity contribution >= 4 is 34.8 Å². The normalized spacial score (nSPS) is 9.50. The first-order valence-electron chi connectivity index (χ1n) is 2.47. The zero-order chi connectivity index (χ0) is 9.44. The van der Waals surface area contributed by atoms with E-state index in [1.807, 2.05) is 0 Å². The van der Waals surface area contributed by atoms with Gasteiger partial charge in [-0.3, -0.25) is 0 Å². The first kappa shape index (κ1) is 18.2. The summed E-state index contributed by atoms with van der Waals surface area (Å²) in [6.45, 7) is 1.43. The van der Waals surface area contributed by atoms with Gasteiger partial charge < -0.3 is 26.4 Å².